The van der Waals surface area contributed by atoms with Crippen molar-refractivity contribution in [3.05, 3.63) is 30.3 Å². The van der Waals surface area contributed by atoms with Crippen LogP contribution in [-0.2, 0) is 4.79 Å². The number of rotatable bonds is 9. The van der Waals surface area contributed by atoms with Crippen LogP contribution in [0.5, 0.6) is 0 Å². The molecule has 1 unspecified atom stereocenters. The molecule has 1 aromatic carbocycles. The fraction of sp³-hybridized carbons (Fsp3) is 0.400. The summed E-state index contributed by atoms with van der Waals surface area (Å²) < 4.78 is 29.9. The highest BCUT2D eigenvalue weighted by atomic mass is 32.2. The summed E-state index contributed by atoms with van der Waals surface area (Å²) in [6, 6.07) is 9.60. The molecule has 124 valence electrons. The first-order valence-corrected chi connectivity index (χ1v) is 8.93. The summed E-state index contributed by atoms with van der Waals surface area (Å²) >= 11 is 2.53. The summed E-state index contributed by atoms with van der Waals surface area (Å²) in [6.45, 7) is -0.461. The summed E-state index contributed by atoms with van der Waals surface area (Å²) in [5, 5.41) is 2.61. The predicted octanol–water partition coefficient (Wildman–Crippen LogP) is 3.50. The molecule has 0 aliphatic heterocycles. The molecular weight excluding hydrogens is 340 g/mol. The monoisotopic (exact) mass is 357 g/mol. The van der Waals surface area contributed by atoms with E-state index in [0.29, 0.717) is 10.2 Å². The van der Waals surface area contributed by atoms with Crippen molar-refractivity contribution in [2.45, 2.75) is 23.4 Å². The van der Waals surface area contributed by atoms with Crippen LogP contribution in [0.15, 0.2) is 34.7 Å². The van der Waals surface area contributed by atoms with Gasteiger partial charge in [-0.3, -0.25) is 9.18 Å². The van der Waals surface area contributed by atoms with Gasteiger partial charge in [0, 0.05) is 18.5 Å². The molecule has 0 aliphatic rings. The van der Waals surface area contributed by atoms with Crippen LogP contribution in [0.2, 0.25) is 0 Å². The van der Waals surface area contributed by atoms with E-state index < -0.39 is 12.8 Å². The van der Waals surface area contributed by atoms with E-state index in [1.54, 1.807) is 0 Å². The van der Waals surface area contributed by atoms with Crippen molar-refractivity contribution in [1.82, 2.24) is 14.7 Å². The SMILES string of the molecule is O=C(CSc1nc(-c2ccccc2)ns1)NCCC(F)CCF. The minimum Gasteiger partial charge on any atom is -0.355 e. The highest BCUT2D eigenvalue weighted by Gasteiger charge is 2.10. The topological polar surface area (TPSA) is 54.9 Å². The first-order chi connectivity index (χ1) is 11.2. The van der Waals surface area contributed by atoms with Crippen molar-refractivity contribution < 1.29 is 13.6 Å². The Morgan fingerprint density at radius 1 is 1.30 bits per heavy atom. The third kappa shape index (κ3) is 6.23. The number of halogens is 2. The van der Waals surface area contributed by atoms with Gasteiger partial charge >= 0.3 is 0 Å². The molecule has 23 heavy (non-hydrogen) atoms. The van der Waals surface area contributed by atoms with E-state index in [9.17, 15) is 13.6 Å². The summed E-state index contributed by atoms with van der Waals surface area (Å²) in [7, 11) is 0. The maximum Gasteiger partial charge on any atom is 0.230 e. The van der Waals surface area contributed by atoms with Crippen LogP contribution < -0.4 is 5.32 Å². The fourth-order valence-corrected chi connectivity index (χ4v) is 3.23. The fourth-order valence-electron chi connectivity index (χ4n) is 1.78. The first-order valence-electron chi connectivity index (χ1n) is 7.17. The summed E-state index contributed by atoms with van der Waals surface area (Å²) in [5.74, 6) is 0.646. The van der Waals surface area contributed by atoms with E-state index >= 15 is 0 Å². The van der Waals surface area contributed by atoms with Crippen LogP contribution in [-0.4, -0.2) is 40.4 Å². The van der Waals surface area contributed by atoms with Gasteiger partial charge in [0.15, 0.2) is 10.2 Å². The van der Waals surface area contributed by atoms with E-state index in [0.717, 1.165) is 5.56 Å². The molecule has 1 amide bonds. The van der Waals surface area contributed by atoms with Gasteiger partial charge in [-0.05, 0) is 18.0 Å². The average molecular weight is 357 g/mol. The van der Waals surface area contributed by atoms with Gasteiger partial charge in [-0.15, -0.1) is 0 Å². The molecule has 8 heteroatoms. The Kier molecular flexibility index (Phi) is 7.41. The molecule has 0 radical (unpaired) electrons. The lowest BCUT2D eigenvalue weighted by Crippen LogP contribution is -2.27. The molecule has 0 saturated carbocycles. The predicted molar refractivity (Wildman–Crippen MR) is 89.2 cm³/mol. The Bertz CT molecular complexity index is 610. The van der Waals surface area contributed by atoms with Crippen molar-refractivity contribution >= 4 is 29.2 Å². The molecule has 4 nitrogen and oxygen atoms in total. The lowest BCUT2D eigenvalue weighted by molar-refractivity contribution is -0.118. The minimum atomic E-state index is -1.20. The minimum absolute atomic E-state index is 0.113. The Morgan fingerprint density at radius 3 is 2.83 bits per heavy atom. The number of amides is 1. The van der Waals surface area contributed by atoms with Gasteiger partial charge in [0.2, 0.25) is 5.91 Å². The second-order valence-electron chi connectivity index (χ2n) is 4.75. The van der Waals surface area contributed by atoms with Gasteiger partial charge < -0.3 is 5.32 Å². The Balaban J connectivity index is 1.72. The number of alkyl halides is 2. The average Bonchev–Trinajstić information content (AvgIpc) is 3.03. The zero-order chi connectivity index (χ0) is 16.5. The van der Waals surface area contributed by atoms with Crippen LogP contribution in [0, 0.1) is 0 Å². The molecule has 0 saturated heterocycles. The zero-order valence-corrected chi connectivity index (χ0v) is 14.0. The smallest absolute Gasteiger partial charge is 0.230 e. The maximum atomic E-state index is 13.1. The number of nitrogens with zero attached hydrogens (tertiary/aromatic N) is 2. The van der Waals surface area contributed by atoms with Gasteiger partial charge in [-0.1, -0.05) is 42.1 Å². The van der Waals surface area contributed by atoms with Gasteiger partial charge in [-0.2, -0.15) is 4.37 Å². The number of aromatic nitrogens is 2. The molecule has 0 aliphatic carbocycles. The molecule has 1 atom stereocenters. The van der Waals surface area contributed by atoms with E-state index in [1.807, 2.05) is 30.3 Å². The maximum absolute atomic E-state index is 13.1. The quantitative estimate of drug-likeness (QED) is 0.698. The van der Waals surface area contributed by atoms with Gasteiger partial charge in [0.05, 0.1) is 12.4 Å². The number of hydrogen-bond acceptors (Lipinski definition) is 5. The van der Waals surface area contributed by atoms with Crippen LogP contribution in [0.4, 0.5) is 8.78 Å². The number of carbonyl (C=O) groups excluding carboxylic acids is 1. The first kappa shape index (κ1) is 17.8. The Morgan fingerprint density at radius 2 is 2.09 bits per heavy atom. The number of benzene rings is 1. The highest BCUT2D eigenvalue weighted by molar-refractivity contribution is 8.01. The van der Waals surface area contributed by atoms with Crippen molar-refractivity contribution in [3.8, 4) is 11.4 Å². The number of nitrogens with one attached hydrogen (secondary N) is 1. The molecule has 0 bridgehead atoms. The van der Waals surface area contributed by atoms with Crippen LogP contribution >= 0.6 is 23.3 Å². The van der Waals surface area contributed by atoms with Crippen LogP contribution in [0.3, 0.4) is 0 Å². The van der Waals surface area contributed by atoms with Crippen molar-refractivity contribution in [1.29, 1.82) is 0 Å². The summed E-state index contributed by atoms with van der Waals surface area (Å²) in [6.07, 6.45) is -1.18. The second-order valence-corrected chi connectivity index (χ2v) is 6.73. The summed E-state index contributed by atoms with van der Waals surface area (Å²) in [5.41, 5.74) is 0.932. The highest BCUT2D eigenvalue weighted by Crippen LogP contribution is 2.24. The van der Waals surface area contributed by atoms with Crippen molar-refractivity contribution in [2.75, 3.05) is 19.0 Å². The van der Waals surface area contributed by atoms with Crippen molar-refractivity contribution in [2.24, 2.45) is 0 Å². The lowest BCUT2D eigenvalue weighted by Gasteiger charge is -2.06. The lowest BCUT2D eigenvalue weighted by atomic mass is 10.2. The van der Waals surface area contributed by atoms with Crippen LogP contribution in [0.1, 0.15) is 12.8 Å². The number of carbonyl (C=O) groups is 1. The molecule has 1 heterocycles. The molecule has 2 aromatic rings. The largest absolute Gasteiger partial charge is 0.355 e. The molecular formula is C15H17F2N3OS2. The standard InChI is InChI=1S/C15H17F2N3OS2/c16-8-6-12(17)7-9-18-13(21)10-22-15-19-14(20-23-15)11-4-2-1-3-5-11/h1-5,12H,6-10H2,(H,18,21). The van der Waals surface area contributed by atoms with E-state index in [4.69, 9.17) is 0 Å². The van der Waals surface area contributed by atoms with Gasteiger partial charge in [0.25, 0.3) is 0 Å². The third-order valence-electron chi connectivity index (χ3n) is 2.97. The summed E-state index contributed by atoms with van der Waals surface area (Å²) in [4.78, 5) is 16.0. The van der Waals surface area contributed by atoms with Crippen molar-refractivity contribution in [3.63, 3.8) is 0 Å². The molecule has 2 rings (SSSR count). The normalized spacial score (nSPS) is 12.1. The van der Waals surface area contributed by atoms with Crippen LogP contribution in [0.25, 0.3) is 11.4 Å². The second kappa shape index (κ2) is 9.57. The number of hydrogen-bond donors (Lipinski definition) is 1. The third-order valence-corrected chi connectivity index (χ3v) is 4.80. The van der Waals surface area contributed by atoms with E-state index in [2.05, 4.69) is 14.7 Å². The molecule has 1 N–H and O–H groups in total. The molecule has 0 spiro atoms. The van der Waals surface area contributed by atoms with Gasteiger partial charge in [0.1, 0.15) is 6.17 Å². The van der Waals surface area contributed by atoms with E-state index in [1.165, 1.54) is 23.3 Å². The molecule has 0 fully saturated rings. The Labute approximate surface area is 141 Å². The zero-order valence-electron chi connectivity index (χ0n) is 12.4. The van der Waals surface area contributed by atoms with E-state index in [-0.39, 0.29) is 31.0 Å². The Hall–Kier alpha value is -1.54. The molecule has 1 aromatic heterocycles. The van der Waals surface area contributed by atoms with Gasteiger partial charge in [-0.25, -0.2) is 9.37 Å². The number of thioether (sulfide) groups is 1.